The van der Waals surface area contributed by atoms with Crippen LogP contribution in [0.25, 0.3) is 44.0 Å². The van der Waals surface area contributed by atoms with Gasteiger partial charge in [0.2, 0.25) is 5.69 Å². The van der Waals surface area contributed by atoms with E-state index in [9.17, 15) is 0 Å². The van der Waals surface area contributed by atoms with E-state index < -0.39 is 0 Å². The first-order valence-corrected chi connectivity index (χ1v) is 8.53. The molecular formula is C23H18NO+. The first-order chi connectivity index (χ1) is 12.3. The summed E-state index contributed by atoms with van der Waals surface area (Å²) < 4.78 is 8.49. The number of aryl methyl sites for hydroxylation is 2. The van der Waals surface area contributed by atoms with Crippen LogP contribution in [0.1, 0.15) is 5.56 Å². The first-order valence-electron chi connectivity index (χ1n) is 8.53. The molecule has 2 nitrogen and oxygen atoms in total. The topological polar surface area (TPSA) is 17.0 Å². The molecule has 5 rings (SSSR count). The highest BCUT2D eigenvalue weighted by Crippen LogP contribution is 2.42. The van der Waals surface area contributed by atoms with Crippen LogP contribution in [0.3, 0.4) is 0 Å². The lowest BCUT2D eigenvalue weighted by Crippen LogP contribution is -2.30. The SMILES string of the molecule is Cc1c(-c2cccc[n+]2C)c2c3ccccc3oc2c2ccccc12. The fourth-order valence-corrected chi connectivity index (χ4v) is 3.92. The molecule has 0 amide bonds. The highest BCUT2D eigenvalue weighted by atomic mass is 16.3. The second kappa shape index (κ2) is 5.18. The highest BCUT2D eigenvalue weighted by Gasteiger charge is 2.23. The minimum absolute atomic E-state index is 0.938. The van der Waals surface area contributed by atoms with Gasteiger partial charge in [-0.05, 0) is 30.0 Å². The molecule has 0 aliphatic carbocycles. The van der Waals surface area contributed by atoms with Crippen LogP contribution < -0.4 is 4.57 Å². The number of hydrogen-bond donors (Lipinski definition) is 0. The third kappa shape index (κ3) is 1.94. The van der Waals surface area contributed by atoms with Gasteiger partial charge in [-0.15, -0.1) is 0 Å². The number of aromatic nitrogens is 1. The van der Waals surface area contributed by atoms with E-state index >= 15 is 0 Å². The molecule has 0 saturated heterocycles. The van der Waals surface area contributed by atoms with Crippen LogP contribution in [-0.4, -0.2) is 0 Å². The third-order valence-electron chi connectivity index (χ3n) is 5.11. The van der Waals surface area contributed by atoms with Crippen LogP contribution in [0.5, 0.6) is 0 Å². The van der Waals surface area contributed by atoms with Crippen molar-refractivity contribution in [1.29, 1.82) is 0 Å². The van der Waals surface area contributed by atoms with Crippen LogP contribution in [0.15, 0.2) is 77.3 Å². The predicted octanol–water partition coefficient (Wildman–Crippen LogP) is 5.54. The van der Waals surface area contributed by atoms with E-state index in [0.717, 1.165) is 11.2 Å². The van der Waals surface area contributed by atoms with Gasteiger partial charge in [-0.3, -0.25) is 0 Å². The lowest BCUT2D eigenvalue weighted by molar-refractivity contribution is -0.660. The van der Waals surface area contributed by atoms with Gasteiger partial charge in [-0.2, -0.15) is 0 Å². The Morgan fingerprint density at radius 3 is 2.24 bits per heavy atom. The largest absolute Gasteiger partial charge is 0.455 e. The average Bonchev–Trinajstić information content (AvgIpc) is 3.03. The molecule has 0 spiro atoms. The van der Waals surface area contributed by atoms with Crippen molar-refractivity contribution >= 4 is 32.7 Å². The summed E-state index contributed by atoms with van der Waals surface area (Å²) >= 11 is 0. The predicted molar refractivity (Wildman–Crippen MR) is 103 cm³/mol. The van der Waals surface area contributed by atoms with Gasteiger partial charge in [0.1, 0.15) is 18.2 Å². The van der Waals surface area contributed by atoms with Crippen molar-refractivity contribution in [2.24, 2.45) is 7.05 Å². The van der Waals surface area contributed by atoms with Gasteiger partial charge in [-0.1, -0.05) is 42.5 Å². The van der Waals surface area contributed by atoms with E-state index in [-0.39, 0.29) is 0 Å². The summed E-state index contributed by atoms with van der Waals surface area (Å²) in [4.78, 5) is 0. The number of fused-ring (bicyclic) bond motifs is 5. The molecule has 2 heterocycles. The maximum atomic E-state index is 6.31. The van der Waals surface area contributed by atoms with E-state index in [0.29, 0.717) is 0 Å². The standard InChI is InChI=1S/C23H18NO/c1-15-16-9-3-4-10-17(16)23-22(18-11-5-6-13-20(18)25-23)21(15)19-12-7-8-14-24(19)2/h3-14H,1-2H3/q+1. The molecule has 0 unspecified atom stereocenters. The van der Waals surface area contributed by atoms with Crippen LogP contribution in [0, 0.1) is 6.92 Å². The van der Waals surface area contributed by atoms with Crippen molar-refractivity contribution in [2.45, 2.75) is 6.92 Å². The van der Waals surface area contributed by atoms with E-state index in [2.05, 4.69) is 79.3 Å². The number of hydrogen-bond acceptors (Lipinski definition) is 1. The summed E-state index contributed by atoms with van der Waals surface area (Å²) in [5.74, 6) is 0. The van der Waals surface area contributed by atoms with Crippen molar-refractivity contribution < 1.29 is 8.98 Å². The summed E-state index contributed by atoms with van der Waals surface area (Å²) in [6, 6.07) is 23.2. The zero-order valence-corrected chi connectivity index (χ0v) is 14.3. The third-order valence-corrected chi connectivity index (χ3v) is 5.11. The van der Waals surface area contributed by atoms with Crippen LogP contribution in [-0.2, 0) is 7.05 Å². The molecule has 0 fully saturated rings. The smallest absolute Gasteiger partial charge is 0.213 e. The van der Waals surface area contributed by atoms with E-state index in [1.165, 1.54) is 38.4 Å². The zero-order valence-electron chi connectivity index (χ0n) is 14.3. The quantitative estimate of drug-likeness (QED) is 0.370. The molecule has 2 aromatic heterocycles. The molecule has 0 radical (unpaired) electrons. The maximum Gasteiger partial charge on any atom is 0.213 e. The fraction of sp³-hybridized carbons (Fsp3) is 0.0870. The van der Waals surface area contributed by atoms with Crippen molar-refractivity contribution in [3.63, 3.8) is 0 Å². The van der Waals surface area contributed by atoms with Crippen LogP contribution in [0.4, 0.5) is 0 Å². The maximum absolute atomic E-state index is 6.31. The number of nitrogens with zero attached hydrogens (tertiary/aromatic N) is 1. The summed E-state index contributed by atoms with van der Waals surface area (Å²) in [6.45, 7) is 2.21. The van der Waals surface area contributed by atoms with Gasteiger partial charge in [0.05, 0.1) is 5.56 Å². The Hall–Kier alpha value is -3.13. The average molecular weight is 324 g/mol. The molecule has 0 saturated carbocycles. The number of pyridine rings is 1. The molecule has 0 bridgehead atoms. The second-order valence-electron chi connectivity index (χ2n) is 6.54. The molecular weight excluding hydrogens is 306 g/mol. The minimum Gasteiger partial charge on any atom is -0.455 e. The highest BCUT2D eigenvalue weighted by molar-refractivity contribution is 6.22. The molecule has 5 aromatic rings. The summed E-state index contributed by atoms with van der Waals surface area (Å²) in [5, 5.41) is 4.79. The van der Waals surface area contributed by atoms with Gasteiger partial charge in [-0.25, -0.2) is 4.57 Å². The second-order valence-corrected chi connectivity index (χ2v) is 6.54. The lowest BCUT2D eigenvalue weighted by Gasteiger charge is -2.10. The number of rotatable bonds is 1. The summed E-state index contributed by atoms with van der Waals surface area (Å²) in [6.07, 6.45) is 2.10. The van der Waals surface area contributed by atoms with Crippen molar-refractivity contribution in [2.75, 3.05) is 0 Å². The Labute approximate surface area is 145 Å². The van der Waals surface area contributed by atoms with Crippen LogP contribution >= 0.6 is 0 Å². The number of para-hydroxylation sites is 1. The van der Waals surface area contributed by atoms with Gasteiger partial charge in [0, 0.05) is 28.3 Å². The molecule has 2 heteroatoms. The normalized spacial score (nSPS) is 11.6. The fourth-order valence-electron chi connectivity index (χ4n) is 3.92. The molecule has 0 aliphatic heterocycles. The van der Waals surface area contributed by atoms with Gasteiger partial charge < -0.3 is 4.42 Å². The molecule has 120 valence electrons. The van der Waals surface area contributed by atoms with E-state index in [4.69, 9.17) is 4.42 Å². The molecule has 0 atom stereocenters. The van der Waals surface area contributed by atoms with Gasteiger partial charge in [0.25, 0.3) is 0 Å². The molecule has 3 aromatic carbocycles. The first kappa shape index (κ1) is 14.2. The van der Waals surface area contributed by atoms with Crippen molar-refractivity contribution in [1.82, 2.24) is 0 Å². The van der Waals surface area contributed by atoms with Gasteiger partial charge >= 0.3 is 0 Å². The molecule has 0 N–H and O–H groups in total. The zero-order chi connectivity index (χ0) is 17.0. The minimum atomic E-state index is 0.938. The van der Waals surface area contributed by atoms with Gasteiger partial charge in [0.15, 0.2) is 6.20 Å². The van der Waals surface area contributed by atoms with E-state index in [1.54, 1.807) is 0 Å². The van der Waals surface area contributed by atoms with Crippen molar-refractivity contribution in [3.8, 4) is 11.3 Å². The molecule has 0 aliphatic rings. The summed E-state index contributed by atoms with van der Waals surface area (Å²) in [5.41, 5.74) is 5.65. The number of furan rings is 1. The van der Waals surface area contributed by atoms with E-state index in [1.807, 2.05) is 12.1 Å². The summed E-state index contributed by atoms with van der Waals surface area (Å²) in [7, 11) is 2.10. The lowest BCUT2D eigenvalue weighted by atomic mass is 9.92. The van der Waals surface area contributed by atoms with Crippen LogP contribution in [0.2, 0.25) is 0 Å². The Bertz CT molecular complexity index is 1260. The van der Waals surface area contributed by atoms with Crippen molar-refractivity contribution in [3.05, 3.63) is 78.5 Å². The Balaban J connectivity index is 2.12. The monoisotopic (exact) mass is 324 g/mol. The Morgan fingerprint density at radius 1 is 0.760 bits per heavy atom. The Kier molecular flexibility index (Phi) is 2.95. The molecule has 25 heavy (non-hydrogen) atoms. The Morgan fingerprint density at radius 2 is 1.44 bits per heavy atom. The number of benzene rings is 3.